The second-order valence-electron chi connectivity index (χ2n) is 6.76. The first-order valence-electron chi connectivity index (χ1n) is 7.27. The lowest BCUT2D eigenvalue weighted by Crippen LogP contribution is -2.37. The molecular weight excluding hydrogens is 212 g/mol. The molecule has 3 aliphatic carbocycles. The zero-order valence-corrected chi connectivity index (χ0v) is 10.5. The van der Waals surface area contributed by atoms with Gasteiger partial charge in [0.15, 0.2) is 0 Å². The van der Waals surface area contributed by atoms with Crippen LogP contribution in [0.4, 0.5) is 0 Å². The van der Waals surface area contributed by atoms with Crippen molar-refractivity contribution in [3.8, 4) is 0 Å². The smallest absolute Gasteiger partial charge is 0.224 e. The van der Waals surface area contributed by atoms with Gasteiger partial charge in [0.1, 0.15) is 0 Å². The Bertz CT molecular complexity index is 340. The molecule has 1 heterocycles. The summed E-state index contributed by atoms with van der Waals surface area (Å²) >= 11 is 0. The van der Waals surface area contributed by atoms with Crippen LogP contribution in [0.1, 0.15) is 26.2 Å². The van der Waals surface area contributed by atoms with Gasteiger partial charge in [-0.25, -0.2) is 0 Å². The maximum absolute atomic E-state index is 12.2. The summed E-state index contributed by atoms with van der Waals surface area (Å²) in [7, 11) is 0. The van der Waals surface area contributed by atoms with E-state index in [4.69, 9.17) is 0 Å². The van der Waals surface area contributed by atoms with Crippen LogP contribution in [-0.4, -0.2) is 25.0 Å². The van der Waals surface area contributed by atoms with Gasteiger partial charge in [0.2, 0.25) is 5.91 Å². The third-order valence-electron chi connectivity index (χ3n) is 5.90. The van der Waals surface area contributed by atoms with Crippen molar-refractivity contribution in [1.82, 2.24) is 10.6 Å². The van der Waals surface area contributed by atoms with Crippen LogP contribution in [0.25, 0.3) is 0 Å². The Labute approximate surface area is 103 Å². The summed E-state index contributed by atoms with van der Waals surface area (Å²) in [6.07, 6.45) is 4.32. The second-order valence-corrected chi connectivity index (χ2v) is 6.76. The number of amides is 1. The maximum Gasteiger partial charge on any atom is 0.224 e. The molecule has 17 heavy (non-hydrogen) atoms. The molecule has 2 N–H and O–H groups in total. The molecule has 0 spiro atoms. The highest BCUT2D eigenvalue weighted by Crippen LogP contribution is 2.65. The van der Waals surface area contributed by atoms with Crippen molar-refractivity contribution < 1.29 is 4.79 Å². The minimum absolute atomic E-state index is 0.217. The highest BCUT2D eigenvalue weighted by molar-refractivity contribution is 5.80. The van der Waals surface area contributed by atoms with E-state index in [-0.39, 0.29) is 5.92 Å². The lowest BCUT2D eigenvalue weighted by molar-refractivity contribution is -0.125. The molecule has 2 bridgehead atoms. The quantitative estimate of drug-likeness (QED) is 0.748. The Morgan fingerprint density at radius 1 is 1.18 bits per heavy atom. The highest BCUT2D eigenvalue weighted by atomic mass is 16.2. The van der Waals surface area contributed by atoms with Crippen molar-refractivity contribution in [3.05, 3.63) is 0 Å². The van der Waals surface area contributed by atoms with Gasteiger partial charge in [-0.05, 0) is 55.4 Å². The molecule has 0 aromatic heterocycles. The predicted molar refractivity (Wildman–Crippen MR) is 65.3 cm³/mol. The summed E-state index contributed by atoms with van der Waals surface area (Å²) in [5.74, 6) is 4.68. The van der Waals surface area contributed by atoms with Gasteiger partial charge in [0.25, 0.3) is 0 Å². The molecule has 3 heteroatoms. The lowest BCUT2D eigenvalue weighted by Gasteiger charge is -2.16. The number of rotatable bonds is 2. The van der Waals surface area contributed by atoms with Crippen molar-refractivity contribution in [2.45, 2.75) is 32.2 Å². The third-order valence-corrected chi connectivity index (χ3v) is 5.90. The minimum Gasteiger partial charge on any atom is -0.352 e. The third kappa shape index (κ3) is 1.41. The van der Waals surface area contributed by atoms with Gasteiger partial charge < -0.3 is 10.6 Å². The molecule has 0 aromatic rings. The van der Waals surface area contributed by atoms with E-state index >= 15 is 0 Å². The maximum atomic E-state index is 12.2. The monoisotopic (exact) mass is 234 g/mol. The van der Waals surface area contributed by atoms with Crippen molar-refractivity contribution in [2.24, 2.45) is 35.5 Å². The normalized spacial score (nSPS) is 54.8. The summed E-state index contributed by atoms with van der Waals surface area (Å²) in [6, 6.07) is 0.557. The first kappa shape index (κ1) is 10.4. The fourth-order valence-corrected chi connectivity index (χ4v) is 4.95. The molecule has 1 amide bonds. The SMILES string of the molecule is CC1CNCC1C(=O)NC1C2C3CCC(C3)C12. The molecule has 1 saturated heterocycles. The highest BCUT2D eigenvalue weighted by Gasteiger charge is 2.65. The van der Waals surface area contributed by atoms with E-state index in [0.29, 0.717) is 17.9 Å². The first-order chi connectivity index (χ1) is 8.25. The minimum atomic E-state index is 0.217. The van der Waals surface area contributed by atoms with Gasteiger partial charge in [0, 0.05) is 12.6 Å². The average molecular weight is 234 g/mol. The standard InChI is InChI=1S/C14H22N2O/c1-7-5-15-6-10(7)14(17)16-13-11-8-2-3-9(4-8)12(11)13/h7-13,15H,2-6H2,1H3,(H,16,17). The average Bonchev–Trinajstić information content (AvgIpc) is 2.76. The van der Waals surface area contributed by atoms with Crippen molar-refractivity contribution in [1.29, 1.82) is 0 Å². The summed E-state index contributed by atoms with van der Waals surface area (Å²) < 4.78 is 0. The first-order valence-corrected chi connectivity index (χ1v) is 7.27. The Morgan fingerprint density at radius 3 is 2.47 bits per heavy atom. The van der Waals surface area contributed by atoms with E-state index in [1.165, 1.54) is 19.3 Å². The molecule has 4 aliphatic rings. The molecule has 1 aliphatic heterocycles. The van der Waals surface area contributed by atoms with Crippen LogP contribution >= 0.6 is 0 Å². The van der Waals surface area contributed by atoms with Gasteiger partial charge in [0.05, 0.1) is 5.92 Å². The van der Waals surface area contributed by atoms with E-state index in [1.807, 2.05) is 0 Å². The van der Waals surface area contributed by atoms with Crippen LogP contribution < -0.4 is 10.6 Å². The summed E-state index contributed by atoms with van der Waals surface area (Å²) in [5, 5.41) is 6.67. The van der Waals surface area contributed by atoms with Gasteiger partial charge in [-0.1, -0.05) is 6.92 Å². The Balaban J connectivity index is 1.38. The zero-order chi connectivity index (χ0) is 11.6. The largest absolute Gasteiger partial charge is 0.352 e. The molecule has 4 rings (SSSR count). The van der Waals surface area contributed by atoms with E-state index in [2.05, 4.69) is 17.6 Å². The van der Waals surface area contributed by atoms with Crippen molar-refractivity contribution in [2.75, 3.05) is 13.1 Å². The van der Waals surface area contributed by atoms with Gasteiger partial charge in [-0.3, -0.25) is 4.79 Å². The molecule has 0 aromatic carbocycles. The Morgan fingerprint density at radius 2 is 1.88 bits per heavy atom. The summed E-state index contributed by atoms with van der Waals surface area (Å²) in [4.78, 5) is 12.2. The van der Waals surface area contributed by atoms with Crippen LogP contribution in [0, 0.1) is 35.5 Å². The van der Waals surface area contributed by atoms with Gasteiger partial charge >= 0.3 is 0 Å². The molecule has 3 nitrogen and oxygen atoms in total. The number of fused-ring (bicyclic) bond motifs is 5. The Kier molecular flexibility index (Phi) is 2.11. The van der Waals surface area contributed by atoms with Crippen LogP contribution in [0.15, 0.2) is 0 Å². The lowest BCUT2D eigenvalue weighted by atomic mass is 9.97. The number of nitrogens with one attached hydrogen (secondary N) is 2. The molecule has 94 valence electrons. The van der Waals surface area contributed by atoms with E-state index in [1.54, 1.807) is 0 Å². The van der Waals surface area contributed by atoms with E-state index < -0.39 is 0 Å². The van der Waals surface area contributed by atoms with Crippen LogP contribution in [-0.2, 0) is 4.79 Å². The topological polar surface area (TPSA) is 41.1 Å². The molecule has 4 fully saturated rings. The molecule has 6 atom stereocenters. The molecular formula is C14H22N2O. The molecule has 3 saturated carbocycles. The van der Waals surface area contributed by atoms with E-state index in [0.717, 1.165) is 36.8 Å². The predicted octanol–water partition coefficient (Wildman–Crippen LogP) is 1.00. The van der Waals surface area contributed by atoms with Crippen LogP contribution in [0.3, 0.4) is 0 Å². The fraction of sp³-hybridized carbons (Fsp3) is 0.929. The summed E-state index contributed by atoms with van der Waals surface area (Å²) in [6.45, 7) is 4.06. The zero-order valence-electron chi connectivity index (χ0n) is 10.5. The van der Waals surface area contributed by atoms with Crippen LogP contribution in [0.2, 0.25) is 0 Å². The molecule has 0 radical (unpaired) electrons. The van der Waals surface area contributed by atoms with Gasteiger partial charge in [-0.2, -0.15) is 0 Å². The number of carbonyl (C=O) groups is 1. The van der Waals surface area contributed by atoms with Gasteiger partial charge in [-0.15, -0.1) is 0 Å². The fourth-order valence-electron chi connectivity index (χ4n) is 4.95. The summed E-state index contributed by atoms with van der Waals surface area (Å²) in [5.41, 5.74) is 0. The molecule has 6 unspecified atom stereocenters. The van der Waals surface area contributed by atoms with Crippen LogP contribution in [0.5, 0.6) is 0 Å². The second kappa shape index (κ2) is 3.47. The van der Waals surface area contributed by atoms with E-state index in [9.17, 15) is 4.79 Å². The Hall–Kier alpha value is -0.570. The number of carbonyl (C=O) groups excluding carboxylic acids is 1. The number of hydrogen-bond donors (Lipinski definition) is 2. The number of hydrogen-bond acceptors (Lipinski definition) is 2. The van der Waals surface area contributed by atoms with Crippen molar-refractivity contribution >= 4 is 5.91 Å². The van der Waals surface area contributed by atoms with Crippen molar-refractivity contribution in [3.63, 3.8) is 0 Å².